The van der Waals surface area contributed by atoms with Gasteiger partial charge in [-0.05, 0) is 35.4 Å². The number of nitriles is 2. The summed E-state index contributed by atoms with van der Waals surface area (Å²) < 4.78 is 11.2. The number of aliphatic hydroxyl groups is 1. The maximum Gasteiger partial charge on any atom is 0.251 e. The van der Waals surface area contributed by atoms with Gasteiger partial charge < -0.3 is 25.6 Å². The lowest BCUT2D eigenvalue weighted by molar-refractivity contribution is 0.0963. The molecule has 0 aliphatic heterocycles. The smallest absolute Gasteiger partial charge is 0.251 e. The van der Waals surface area contributed by atoms with Gasteiger partial charge in [0.1, 0.15) is 48.0 Å². The SMILES string of the molecule is CNC(=O)c1cccc(COc2nc(N)c(C#N)c(-c3ccc(OCCO)cc3)c2C#N)c1. The zero-order valence-electron chi connectivity index (χ0n) is 17.8. The van der Waals surface area contributed by atoms with Crippen molar-refractivity contribution in [1.82, 2.24) is 10.3 Å². The first-order valence-electron chi connectivity index (χ1n) is 9.94. The Morgan fingerprint density at radius 1 is 1.12 bits per heavy atom. The molecule has 0 saturated heterocycles. The summed E-state index contributed by atoms with van der Waals surface area (Å²) in [5.41, 5.74) is 8.15. The van der Waals surface area contributed by atoms with E-state index >= 15 is 0 Å². The summed E-state index contributed by atoms with van der Waals surface area (Å²) in [7, 11) is 1.54. The van der Waals surface area contributed by atoms with Gasteiger partial charge >= 0.3 is 0 Å². The molecule has 0 bridgehead atoms. The third-order valence-corrected chi connectivity index (χ3v) is 4.71. The Balaban J connectivity index is 1.98. The van der Waals surface area contributed by atoms with Crippen molar-refractivity contribution in [3.63, 3.8) is 0 Å². The summed E-state index contributed by atoms with van der Waals surface area (Å²) in [6.45, 7) is 0.0608. The third-order valence-electron chi connectivity index (χ3n) is 4.71. The Bertz CT molecular complexity index is 1240. The molecular weight excluding hydrogens is 422 g/mol. The number of nitrogen functional groups attached to an aromatic ring is 1. The average Bonchev–Trinajstić information content (AvgIpc) is 2.85. The lowest BCUT2D eigenvalue weighted by Gasteiger charge is -2.14. The second kappa shape index (κ2) is 10.6. The van der Waals surface area contributed by atoms with E-state index in [0.29, 0.717) is 28.0 Å². The third kappa shape index (κ3) is 5.18. The molecule has 0 saturated carbocycles. The van der Waals surface area contributed by atoms with Crippen LogP contribution in [0.4, 0.5) is 5.82 Å². The van der Waals surface area contributed by atoms with Gasteiger partial charge in [0.2, 0.25) is 5.88 Å². The molecule has 0 fully saturated rings. The van der Waals surface area contributed by atoms with Crippen LogP contribution in [0.5, 0.6) is 11.6 Å². The number of benzene rings is 2. The lowest BCUT2D eigenvalue weighted by Crippen LogP contribution is -2.17. The predicted octanol–water partition coefficient (Wildman–Crippen LogP) is 2.38. The number of ether oxygens (including phenoxy) is 2. The van der Waals surface area contributed by atoms with Crippen molar-refractivity contribution in [3.8, 4) is 34.9 Å². The number of nitrogens with one attached hydrogen (secondary N) is 1. The molecule has 0 atom stereocenters. The molecule has 0 aliphatic carbocycles. The molecule has 0 unspecified atom stereocenters. The molecule has 9 heteroatoms. The summed E-state index contributed by atoms with van der Waals surface area (Å²) in [5.74, 6) is 0.208. The summed E-state index contributed by atoms with van der Waals surface area (Å²) >= 11 is 0. The summed E-state index contributed by atoms with van der Waals surface area (Å²) in [5, 5.41) is 31.0. The fraction of sp³-hybridized carbons (Fsp3) is 0.167. The highest BCUT2D eigenvalue weighted by Crippen LogP contribution is 2.36. The molecule has 0 aliphatic rings. The van der Waals surface area contributed by atoms with E-state index in [9.17, 15) is 15.3 Å². The minimum atomic E-state index is -0.232. The van der Waals surface area contributed by atoms with Crippen LogP contribution in [0.1, 0.15) is 27.0 Å². The topological polar surface area (TPSA) is 154 Å². The predicted molar refractivity (Wildman–Crippen MR) is 120 cm³/mol. The number of hydrogen-bond acceptors (Lipinski definition) is 8. The molecule has 1 amide bonds. The van der Waals surface area contributed by atoms with Crippen LogP contribution >= 0.6 is 0 Å². The summed E-state index contributed by atoms with van der Waals surface area (Å²) in [6, 6.07) is 17.6. The highest BCUT2D eigenvalue weighted by molar-refractivity contribution is 5.94. The molecule has 1 heterocycles. The van der Waals surface area contributed by atoms with Crippen LogP contribution in [0.2, 0.25) is 0 Å². The number of nitrogens with two attached hydrogens (primary N) is 1. The van der Waals surface area contributed by atoms with Gasteiger partial charge in [-0.25, -0.2) is 0 Å². The number of anilines is 1. The number of aromatic nitrogens is 1. The first-order chi connectivity index (χ1) is 16.0. The maximum atomic E-state index is 11.9. The number of carbonyl (C=O) groups is 1. The molecule has 4 N–H and O–H groups in total. The van der Waals surface area contributed by atoms with E-state index in [2.05, 4.69) is 16.4 Å². The Morgan fingerprint density at radius 3 is 2.48 bits per heavy atom. The molecule has 166 valence electrons. The van der Waals surface area contributed by atoms with Gasteiger partial charge in [0.15, 0.2) is 0 Å². The largest absolute Gasteiger partial charge is 0.491 e. The van der Waals surface area contributed by atoms with Crippen LogP contribution in [0, 0.1) is 22.7 Å². The van der Waals surface area contributed by atoms with E-state index in [1.54, 1.807) is 55.6 Å². The zero-order chi connectivity index (χ0) is 23.8. The number of rotatable bonds is 8. The quantitative estimate of drug-likeness (QED) is 0.479. The van der Waals surface area contributed by atoms with E-state index in [0.717, 1.165) is 0 Å². The minimum Gasteiger partial charge on any atom is -0.491 e. The first kappa shape index (κ1) is 23.1. The zero-order valence-corrected chi connectivity index (χ0v) is 17.8. The molecule has 1 aromatic heterocycles. The summed E-state index contributed by atoms with van der Waals surface area (Å²) in [6.07, 6.45) is 0. The van der Waals surface area contributed by atoms with Gasteiger partial charge in [-0.15, -0.1) is 0 Å². The van der Waals surface area contributed by atoms with Crippen LogP contribution in [0.25, 0.3) is 11.1 Å². The molecule has 0 spiro atoms. The molecule has 0 radical (unpaired) electrons. The highest BCUT2D eigenvalue weighted by atomic mass is 16.5. The summed E-state index contributed by atoms with van der Waals surface area (Å²) in [4.78, 5) is 16.0. The van der Waals surface area contributed by atoms with Gasteiger partial charge in [-0.1, -0.05) is 24.3 Å². The molecule has 9 nitrogen and oxygen atoms in total. The van der Waals surface area contributed by atoms with Crippen molar-refractivity contribution >= 4 is 11.7 Å². The number of nitrogens with zero attached hydrogens (tertiary/aromatic N) is 3. The van der Waals surface area contributed by atoms with Crippen molar-refractivity contribution in [1.29, 1.82) is 10.5 Å². The number of aliphatic hydroxyl groups excluding tert-OH is 1. The first-order valence-corrected chi connectivity index (χ1v) is 9.94. The van der Waals surface area contributed by atoms with Gasteiger partial charge in [-0.2, -0.15) is 15.5 Å². The van der Waals surface area contributed by atoms with E-state index in [4.69, 9.17) is 20.3 Å². The van der Waals surface area contributed by atoms with Crippen LogP contribution < -0.4 is 20.5 Å². The maximum absolute atomic E-state index is 11.9. The molecule has 3 aromatic rings. The van der Waals surface area contributed by atoms with E-state index < -0.39 is 0 Å². The van der Waals surface area contributed by atoms with Gasteiger partial charge in [0.05, 0.1) is 6.61 Å². The van der Waals surface area contributed by atoms with E-state index in [1.807, 2.05) is 6.07 Å². The molecule has 2 aromatic carbocycles. The van der Waals surface area contributed by atoms with Crippen molar-refractivity contribution in [2.45, 2.75) is 6.61 Å². The molecule has 33 heavy (non-hydrogen) atoms. The Kier molecular flexibility index (Phi) is 7.43. The van der Waals surface area contributed by atoms with Gasteiger partial charge in [-0.3, -0.25) is 4.79 Å². The fourth-order valence-electron chi connectivity index (χ4n) is 3.17. The lowest BCUT2D eigenvalue weighted by atomic mass is 9.96. The second-order valence-electron chi connectivity index (χ2n) is 6.82. The Labute approximate surface area is 190 Å². The number of amides is 1. The standard InChI is InChI=1S/C24H21N5O4/c1-28-23(31)17-4-2-3-15(11-17)14-33-24-20(13-26)21(19(12-25)22(27)29-24)16-5-7-18(8-6-16)32-10-9-30/h2-8,11,30H,9-10,14H2,1H3,(H2,27,29)(H,28,31). The van der Waals surface area contributed by atoms with Crippen molar-refractivity contribution in [3.05, 3.63) is 70.8 Å². The van der Waals surface area contributed by atoms with Crippen molar-refractivity contribution in [2.75, 3.05) is 26.0 Å². The second-order valence-corrected chi connectivity index (χ2v) is 6.82. The molecule has 3 rings (SSSR count). The number of carbonyl (C=O) groups excluding carboxylic acids is 1. The highest BCUT2D eigenvalue weighted by Gasteiger charge is 2.21. The average molecular weight is 443 g/mol. The Hall–Kier alpha value is -4.60. The van der Waals surface area contributed by atoms with E-state index in [-0.39, 0.29) is 48.6 Å². The van der Waals surface area contributed by atoms with E-state index in [1.165, 1.54) is 0 Å². The normalized spacial score (nSPS) is 10.1. The Morgan fingerprint density at radius 2 is 1.85 bits per heavy atom. The number of hydrogen-bond donors (Lipinski definition) is 3. The molecular formula is C24H21N5O4. The minimum absolute atomic E-state index is 0.0186. The number of pyridine rings is 1. The van der Waals surface area contributed by atoms with Crippen LogP contribution in [0.15, 0.2) is 48.5 Å². The van der Waals surface area contributed by atoms with Gasteiger partial charge in [0, 0.05) is 18.2 Å². The van der Waals surface area contributed by atoms with Gasteiger partial charge in [0.25, 0.3) is 5.91 Å². The fourth-order valence-corrected chi connectivity index (χ4v) is 3.17. The van der Waals surface area contributed by atoms with Crippen LogP contribution in [0.3, 0.4) is 0 Å². The van der Waals surface area contributed by atoms with Crippen molar-refractivity contribution < 1.29 is 19.4 Å². The van der Waals surface area contributed by atoms with Crippen LogP contribution in [-0.2, 0) is 6.61 Å². The van der Waals surface area contributed by atoms with Crippen LogP contribution in [-0.4, -0.2) is 36.3 Å². The van der Waals surface area contributed by atoms with Crippen molar-refractivity contribution in [2.24, 2.45) is 0 Å². The monoisotopic (exact) mass is 443 g/mol.